The summed E-state index contributed by atoms with van der Waals surface area (Å²) in [6.45, 7) is 9.65. The summed E-state index contributed by atoms with van der Waals surface area (Å²) in [5.74, 6) is 1.07. The Morgan fingerprint density at radius 3 is 2.45 bits per heavy atom. The van der Waals surface area contributed by atoms with Crippen molar-refractivity contribution in [3.8, 4) is 0 Å². The molecule has 3 aromatic rings. The molecule has 0 fully saturated rings. The summed E-state index contributed by atoms with van der Waals surface area (Å²) in [6.07, 6.45) is 4.03. The smallest absolute Gasteiger partial charge is 0.252 e. The van der Waals surface area contributed by atoms with E-state index in [4.69, 9.17) is 0 Å². The Morgan fingerprint density at radius 1 is 1.18 bits per heavy atom. The van der Waals surface area contributed by atoms with E-state index in [2.05, 4.69) is 54.8 Å². The zero-order valence-electron chi connectivity index (χ0n) is 20.7. The number of hydrogen-bond acceptors (Lipinski definition) is 5. The van der Waals surface area contributed by atoms with Gasteiger partial charge >= 0.3 is 0 Å². The number of carbonyl (C=O) groups is 1. The molecule has 0 aliphatic carbocycles. The van der Waals surface area contributed by atoms with Gasteiger partial charge in [0.15, 0.2) is 6.29 Å². The lowest BCUT2D eigenvalue weighted by molar-refractivity contribution is 0.112. The van der Waals surface area contributed by atoms with Crippen LogP contribution in [-0.2, 0) is 6.54 Å². The first kappa shape index (κ1) is 26.8. The number of aromatic nitrogens is 2. The Kier molecular flexibility index (Phi) is 9.88. The van der Waals surface area contributed by atoms with Gasteiger partial charge in [-0.05, 0) is 94.4 Å². The van der Waals surface area contributed by atoms with Gasteiger partial charge in [0.1, 0.15) is 5.82 Å². The number of halogens is 1. The van der Waals surface area contributed by atoms with Crippen molar-refractivity contribution < 1.29 is 4.79 Å². The fourth-order valence-electron chi connectivity index (χ4n) is 3.91. The summed E-state index contributed by atoms with van der Waals surface area (Å²) in [6, 6.07) is 6.32. The van der Waals surface area contributed by atoms with Crippen molar-refractivity contribution in [3.05, 3.63) is 67.2 Å². The first-order valence-electron chi connectivity index (χ1n) is 11.1. The monoisotopic (exact) mass is 517 g/mol. The Bertz CT molecular complexity index is 1150. The van der Waals surface area contributed by atoms with Gasteiger partial charge in [-0.25, -0.2) is 0 Å². The fraction of sp³-hybridized carbons (Fsp3) is 0.440. The molecular weight excluding hydrogens is 482 g/mol. The van der Waals surface area contributed by atoms with Gasteiger partial charge in [-0.2, -0.15) is 0 Å². The molecule has 8 heteroatoms. The maximum Gasteiger partial charge on any atom is 0.252 e. The molecule has 33 heavy (non-hydrogen) atoms. The molecule has 3 heterocycles. The van der Waals surface area contributed by atoms with E-state index in [1.165, 1.54) is 0 Å². The highest BCUT2D eigenvalue weighted by atomic mass is 79.9. The van der Waals surface area contributed by atoms with E-state index >= 15 is 0 Å². The van der Waals surface area contributed by atoms with Crippen LogP contribution in [0.25, 0.3) is 5.52 Å². The molecule has 0 aliphatic heterocycles. The van der Waals surface area contributed by atoms with Crippen LogP contribution < -0.4 is 21.1 Å². The topological polar surface area (TPSA) is 81.6 Å². The molecule has 0 amide bonds. The second-order valence-corrected chi connectivity index (χ2v) is 9.36. The quantitative estimate of drug-likeness (QED) is 0.394. The molecule has 3 rings (SSSR count). The SMILES string of the molecule is CNCCC(C)N(C)c1c(C)c(C=O)cc2cc(Br)cn12.CNCc1c(C)cc(C)[nH]c1=O. The summed E-state index contributed by atoms with van der Waals surface area (Å²) in [4.78, 5) is 27.7. The van der Waals surface area contributed by atoms with Crippen LogP contribution in [0.5, 0.6) is 0 Å². The van der Waals surface area contributed by atoms with Crippen molar-refractivity contribution in [1.82, 2.24) is 20.0 Å². The summed E-state index contributed by atoms with van der Waals surface area (Å²) in [7, 11) is 5.88. The predicted octanol–water partition coefficient (Wildman–Crippen LogP) is 3.97. The van der Waals surface area contributed by atoms with Crippen LogP contribution >= 0.6 is 15.9 Å². The van der Waals surface area contributed by atoms with E-state index in [0.29, 0.717) is 12.6 Å². The van der Waals surface area contributed by atoms with E-state index in [9.17, 15) is 9.59 Å². The first-order chi connectivity index (χ1) is 15.6. The van der Waals surface area contributed by atoms with Crippen molar-refractivity contribution >= 4 is 33.6 Å². The van der Waals surface area contributed by atoms with Crippen LogP contribution in [0, 0.1) is 20.8 Å². The molecule has 0 saturated heterocycles. The van der Waals surface area contributed by atoms with Gasteiger partial charge in [0.2, 0.25) is 0 Å². The van der Waals surface area contributed by atoms with Gasteiger partial charge in [-0.3, -0.25) is 9.59 Å². The third kappa shape index (κ3) is 6.56. The van der Waals surface area contributed by atoms with Crippen LogP contribution in [0.3, 0.4) is 0 Å². The Labute approximate surface area is 204 Å². The van der Waals surface area contributed by atoms with Crippen molar-refractivity contribution in [2.24, 2.45) is 0 Å². The molecule has 7 nitrogen and oxygen atoms in total. The van der Waals surface area contributed by atoms with E-state index in [1.54, 1.807) is 0 Å². The minimum atomic E-state index is 0.0156. The third-order valence-corrected chi connectivity index (χ3v) is 6.33. The maximum absolute atomic E-state index is 11.4. The van der Waals surface area contributed by atoms with Crippen LogP contribution in [0.15, 0.2) is 33.7 Å². The molecular formula is C25H36BrN5O2. The third-order valence-electron chi connectivity index (χ3n) is 5.90. The standard InChI is InChI=1S/C16H22BrN3O.C9H14N2O/c1-11(5-6-18-3)19(4)16-12(2)13(10-21)7-15-8-14(17)9-20(15)16;1-6-4-7(2)11-9(12)8(6)5-10-3/h7-11,18H,5-6H2,1-4H3;4,10H,5H2,1-3H3,(H,11,12). The zero-order valence-corrected chi connectivity index (χ0v) is 22.3. The van der Waals surface area contributed by atoms with Gasteiger partial charge in [-0.1, -0.05) is 0 Å². The maximum atomic E-state index is 11.4. The summed E-state index contributed by atoms with van der Waals surface area (Å²) in [5.41, 5.74) is 5.58. The van der Waals surface area contributed by atoms with Crippen LogP contribution in [0.4, 0.5) is 5.82 Å². The Balaban J connectivity index is 0.000000273. The normalized spacial score (nSPS) is 11.8. The minimum absolute atomic E-state index is 0.0156. The number of carbonyl (C=O) groups excluding carboxylic acids is 1. The summed E-state index contributed by atoms with van der Waals surface area (Å²) in [5, 5.41) is 6.15. The van der Waals surface area contributed by atoms with E-state index in [1.807, 2.05) is 59.3 Å². The van der Waals surface area contributed by atoms with Crippen molar-refractivity contribution in [3.63, 3.8) is 0 Å². The molecule has 180 valence electrons. The largest absolute Gasteiger partial charge is 0.358 e. The Morgan fingerprint density at radius 2 is 1.88 bits per heavy atom. The van der Waals surface area contributed by atoms with Gasteiger partial charge in [0.25, 0.3) is 5.56 Å². The molecule has 0 aromatic carbocycles. The van der Waals surface area contributed by atoms with Crippen molar-refractivity contribution in [1.29, 1.82) is 0 Å². The molecule has 0 aliphatic rings. The number of aldehydes is 1. The molecule has 0 radical (unpaired) electrons. The number of aryl methyl sites for hydroxylation is 2. The van der Waals surface area contributed by atoms with E-state index in [0.717, 1.165) is 63.0 Å². The molecule has 0 saturated carbocycles. The number of H-pyrrole nitrogens is 1. The summed E-state index contributed by atoms with van der Waals surface area (Å²) >= 11 is 3.52. The number of aromatic amines is 1. The van der Waals surface area contributed by atoms with Gasteiger partial charge in [-0.15, -0.1) is 0 Å². The molecule has 0 bridgehead atoms. The molecule has 3 N–H and O–H groups in total. The highest BCUT2D eigenvalue weighted by Crippen LogP contribution is 2.29. The molecule has 3 aromatic heterocycles. The van der Waals surface area contributed by atoms with Gasteiger partial charge in [0.05, 0.1) is 0 Å². The number of hydrogen-bond donors (Lipinski definition) is 3. The first-order valence-corrected chi connectivity index (χ1v) is 11.9. The number of pyridine rings is 2. The summed E-state index contributed by atoms with van der Waals surface area (Å²) < 4.78 is 3.16. The van der Waals surface area contributed by atoms with Crippen molar-refractivity contribution in [2.45, 2.75) is 46.7 Å². The molecule has 1 unspecified atom stereocenters. The van der Waals surface area contributed by atoms with Gasteiger partial charge in [0, 0.05) is 58.2 Å². The fourth-order valence-corrected chi connectivity index (χ4v) is 4.35. The lowest BCUT2D eigenvalue weighted by Gasteiger charge is -2.30. The van der Waals surface area contributed by atoms with Crippen LogP contribution in [-0.4, -0.2) is 49.4 Å². The number of nitrogens with zero attached hydrogens (tertiary/aromatic N) is 2. The number of anilines is 1. The number of fused-ring (bicyclic) bond motifs is 1. The molecule has 1 atom stereocenters. The number of rotatable bonds is 8. The van der Waals surface area contributed by atoms with Crippen LogP contribution in [0.2, 0.25) is 0 Å². The minimum Gasteiger partial charge on any atom is -0.358 e. The predicted molar refractivity (Wildman–Crippen MR) is 141 cm³/mol. The lowest BCUT2D eigenvalue weighted by atomic mass is 10.1. The van der Waals surface area contributed by atoms with E-state index in [-0.39, 0.29) is 5.56 Å². The Hall–Kier alpha value is -2.42. The second kappa shape index (κ2) is 12.2. The lowest BCUT2D eigenvalue weighted by Crippen LogP contribution is -2.33. The zero-order chi connectivity index (χ0) is 24.7. The average Bonchev–Trinajstić information content (AvgIpc) is 3.13. The molecule has 0 spiro atoms. The van der Waals surface area contributed by atoms with Crippen LogP contribution in [0.1, 0.15) is 46.1 Å². The number of nitrogens with one attached hydrogen (secondary N) is 3. The average molecular weight is 519 g/mol. The van der Waals surface area contributed by atoms with Gasteiger partial charge < -0.3 is 24.9 Å². The van der Waals surface area contributed by atoms with E-state index < -0.39 is 0 Å². The second-order valence-electron chi connectivity index (χ2n) is 8.44. The highest BCUT2D eigenvalue weighted by molar-refractivity contribution is 9.10. The van der Waals surface area contributed by atoms with Crippen molar-refractivity contribution in [2.75, 3.05) is 32.6 Å². The highest BCUT2D eigenvalue weighted by Gasteiger charge is 2.18.